The van der Waals surface area contributed by atoms with Crippen molar-refractivity contribution in [2.75, 3.05) is 0 Å². The summed E-state index contributed by atoms with van der Waals surface area (Å²) in [6, 6.07) is 11.0. The molecule has 2 aromatic rings. The molecule has 1 aromatic heterocycles. The van der Waals surface area contributed by atoms with Crippen molar-refractivity contribution >= 4 is 10.9 Å². The van der Waals surface area contributed by atoms with Gasteiger partial charge in [-0.15, -0.1) is 0 Å². The molecule has 2 nitrogen and oxygen atoms in total. The van der Waals surface area contributed by atoms with E-state index >= 15 is 0 Å². The molecule has 2 rings (SSSR count). The third kappa shape index (κ3) is 3.30. The van der Waals surface area contributed by atoms with Crippen molar-refractivity contribution in [2.45, 2.75) is 39.8 Å². The Morgan fingerprint density at radius 2 is 1.89 bits per heavy atom. The first-order valence-corrected chi connectivity index (χ1v) is 6.73. The summed E-state index contributed by atoms with van der Waals surface area (Å²) in [4.78, 5) is 4.48. The van der Waals surface area contributed by atoms with Crippen LogP contribution in [-0.2, 0) is 6.54 Å². The average Bonchev–Trinajstić information content (AvgIpc) is 2.35. The maximum Gasteiger partial charge on any atom is 0.0746 e. The van der Waals surface area contributed by atoms with Gasteiger partial charge < -0.3 is 5.32 Å². The lowest BCUT2D eigenvalue weighted by Gasteiger charge is -2.16. The molecular weight excluding hydrogens is 220 g/mol. The number of fused-ring (bicyclic) bond motifs is 1. The first-order valence-electron chi connectivity index (χ1n) is 6.73. The number of hydrogen-bond donors (Lipinski definition) is 1. The van der Waals surface area contributed by atoms with Gasteiger partial charge in [-0.1, -0.05) is 38.1 Å². The number of nitrogens with one attached hydrogen (secondary N) is 1. The summed E-state index contributed by atoms with van der Waals surface area (Å²) < 4.78 is 0. The van der Waals surface area contributed by atoms with E-state index in [9.17, 15) is 0 Å². The van der Waals surface area contributed by atoms with Gasteiger partial charge in [0.15, 0.2) is 0 Å². The molecule has 0 spiro atoms. The van der Waals surface area contributed by atoms with Crippen LogP contribution >= 0.6 is 0 Å². The van der Waals surface area contributed by atoms with E-state index in [1.807, 2.05) is 12.3 Å². The van der Waals surface area contributed by atoms with Crippen LogP contribution in [0.3, 0.4) is 0 Å². The Balaban J connectivity index is 2.08. The van der Waals surface area contributed by atoms with Gasteiger partial charge in [-0.2, -0.15) is 0 Å². The lowest BCUT2D eigenvalue weighted by atomic mass is 10.0. The molecule has 18 heavy (non-hydrogen) atoms. The van der Waals surface area contributed by atoms with E-state index in [1.165, 1.54) is 17.4 Å². The second-order valence-electron chi connectivity index (χ2n) is 5.40. The predicted octanol–water partition coefficient (Wildman–Crippen LogP) is 3.76. The fraction of sp³-hybridized carbons (Fsp3) is 0.438. The summed E-state index contributed by atoms with van der Waals surface area (Å²) in [6.45, 7) is 7.66. The van der Waals surface area contributed by atoms with Crippen LogP contribution in [-0.4, -0.2) is 11.0 Å². The molecule has 1 N–H and O–H groups in total. The van der Waals surface area contributed by atoms with Gasteiger partial charge in [0.05, 0.1) is 5.52 Å². The Morgan fingerprint density at radius 3 is 2.67 bits per heavy atom. The molecule has 1 heterocycles. The highest BCUT2D eigenvalue weighted by molar-refractivity contribution is 5.81. The average molecular weight is 242 g/mol. The quantitative estimate of drug-likeness (QED) is 0.863. The van der Waals surface area contributed by atoms with Crippen LogP contribution in [0.15, 0.2) is 36.5 Å². The number of nitrogens with zero attached hydrogens (tertiary/aromatic N) is 1. The van der Waals surface area contributed by atoms with E-state index in [2.05, 4.69) is 55.3 Å². The van der Waals surface area contributed by atoms with Crippen molar-refractivity contribution < 1.29 is 0 Å². The minimum Gasteiger partial charge on any atom is -0.310 e. The summed E-state index contributed by atoms with van der Waals surface area (Å²) in [6.07, 6.45) is 3.07. The predicted molar refractivity (Wildman–Crippen MR) is 77.5 cm³/mol. The van der Waals surface area contributed by atoms with Crippen LogP contribution in [0, 0.1) is 5.92 Å². The SMILES string of the molecule is CC(C)CC(C)NCc1cccc2cccnc12. The van der Waals surface area contributed by atoms with Gasteiger partial charge in [-0.3, -0.25) is 4.98 Å². The van der Waals surface area contributed by atoms with Gasteiger partial charge in [0.25, 0.3) is 0 Å². The lowest BCUT2D eigenvalue weighted by molar-refractivity contribution is 0.442. The fourth-order valence-electron chi connectivity index (χ4n) is 2.38. The zero-order valence-corrected chi connectivity index (χ0v) is 11.5. The van der Waals surface area contributed by atoms with E-state index in [0.717, 1.165) is 18.0 Å². The molecule has 1 unspecified atom stereocenters. The zero-order chi connectivity index (χ0) is 13.0. The second kappa shape index (κ2) is 5.96. The van der Waals surface area contributed by atoms with Crippen LogP contribution in [0.5, 0.6) is 0 Å². The van der Waals surface area contributed by atoms with Crippen LogP contribution in [0.25, 0.3) is 10.9 Å². The molecule has 0 bridgehead atoms. The molecular formula is C16H22N2. The van der Waals surface area contributed by atoms with Crippen molar-refractivity contribution in [1.29, 1.82) is 0 Å². The maximum atomic E-state index is 4.48. The van der Waals surface area contributed by atoms with Gasteiger partial charge in [-0.05, 0) is 30.9 Å². The number of pyridine rings is 1. The molecule has 0 saturated carbocycles. The molecule has 0 radical (unpaired) electrons. The summed E-state index contributed by atoms with van der Waals surface area (Å²) in [7, 11) is 0. The Morgan fingerprint density at radius 1 is 1.11 bits per heavy atom. The first-order chi connectivity index (χ1) is 8.66. The van der Waals surface area contributed by atoms with E-state index < -0.39 is 0 Å². The summed E-state index contributed by atoms with van der Waals surface area (Å²) in [5.74, 6) is 0.734. The Hall–Kier alpha value is -1.41. The Labute approximate surface area is 109 Å². The maximum absolute atomic E-state index is 4.48. The standard InChI is InChI=1S/C16H22N2/c1-12(2)10-13(3)18-11-15-7-4-6-14-8-5-9-17-16(14)15/h4-9,12-13,18H,10-11H2,1-3H3. The lowest BCUT2D eigenvalue weighted by Crippen LogP contribution is -2.26. The molecule has 0 aliphatic carbocycles. The van der Waals surface area contributed by atoms with Crippen LogP contribution in [0.4, 0.5) is 0 Å². The van der Waals surface area contributed by atoms with Gasteiger partial charge in [-0.25, -0.2) is 0 Å². The number of benzene rings is 1. The van der Waals surface area contributed by atoms with Gasteiger partial charge in [0.1, 0.15) is 0 Å². The number of hydrogen-bond acceptors (Lipinski definition) is 2. The fourth-order valence-corrected chi connectivity index (χ4v) is 2.38. The van der Waals surface area contributed by atoms with E-state index in [4.69, 9.17) is 0 Å². The molecule has 2 heteroatoms. The zero-order valence-electron chi connectivity index (χ0n) is 11.5. The largest absolute Gasteiger partial charge is 0.310 e. The highest BCUT2D eigenvalue weighted by Crippen LogP contribution is 2.16. The van der Waals surface area contributed by atoms with E-state index in [1.54, 1.807) is 0 Å². The van der Waals surface area contributed by atoms with Crippen LogP contribution < -0.4 is 5.32 Å². The van der Waals surface area contributed by atoms with E-state index in [-0.39, 0.29) is 0 Å². The topological polar surface area (TPSA) is 24.9 Å². The summed E-state index contributed by atoms with van der Waals surface area (Å²) >= 11 is 0. The van der Waals surface area contributed by atoms with Crippen molar-refractivity contribution in [1.82, 2.24) is 10.3 Å². The number of aromatic nitrogens is 1. The van der Waals surface area contributed by atoms with Crippen molar-refractivity contribution in [3.63, 3.8) is 0 Å². The first kappa shape index (κ1) is 13.0. The molecule has 96 valence electrons. The molecule has 1 aromatic carbocycles. The molecule has 0 aliphatic rings. The number of para-hydroxylation sites is 1. The Kier molecular flexibility index (Phi) is 4.32. The van der Waals surface area contributed by atoms with Gasteiger partial charge in [0, 0.05) is 24.2 Å². The van der Waals surface area contributed by atoms with Crippen LogP contribution in [0.2, 0.25) is 0 Å². The Bertz CT molecular complexity index is 500. The third-order valence-corrected chi connectivity index (χ3v) is 3.18. The van der Waals surface area contributed by atoms with Crippen molar-refractivity contribution in [3.8, 4) is 0 Å². The highest BCUT2D eigenvalue weighted by atomic mass is 14.9. The van der Waals surface area contributed by atoms with Crippen molar-refractivity contribution in [2.24, 2.45) is 5.92 Å². The monoisotopic (exact) mass is 242 g/mol. The molecule has 0 saturated heterocycles. The van der Waals surface area contributed by atoms with Gasteiger partial charge in [0.2, 0.25) is 0 Å². The number of rotatable bonds is 5. The second-order valence-corrected chi connectivity index (χ2v) is 5.40. The minimum absolute atomic E-state index is 0.545. The molecule has 0 aliphatic heterocycles. The summed E-state index contributed by atoms with van der Waals surface area (Å²) in [5, 5.41) is 4.80. The molecule has 0 fully saturated rings. The van der Waals surface area contributed by atoms with Crippen molar-refractivity contribution in [3.05, 3.63) is 42.1 Å². The summed E-state index contributed by atoms with van der Waals surface area (Å²) in [5.41, 5.74) is 2.40. The van der Waals surface area contributed by atoms with Crippen LogP contribution in [0.1, 0.15) is 32.8 Å². The smallest absolute Gasteiger partial charge is 0.0746 e. The minimum atomic E-state index is 0.545. The van der Waals surface area contributed by atoms with Gasteiger partial charge >= 0.3 is 0 Å². The van der Waals surface area contributed by atoms with E-state index in [0.29, 0.717) is 6.04 Å². The third-order valence-electron chi connectivity index (χ3n) is 3.18. The normalized spacial score (nSPS) is 13.1. The molecule has 1 atom stereocenters. The molecule has 0 amide bonds. The highest BCUT2D eigenvalue weighted by Gasteiger charge is 2.06.